The summed E-state index contributed by atoms with van der Waals surface area (Å²) in [6, 6.07) is 0. The molecule has 0 saturated carbocycles. The molecule has 2 N–H and O–H groups in total. The van der Waals surface area contributed by atoms with Gasteiger partial charge >= 0.3 is 0 Å². The normalized spacial score (nSPS) is 18.1. The van der Waals surface area contributed by atoms with Gasteiger partial charge in [0.15, 0.2) is 5.16 Å². The summed E-state index contributed by atoms with van der Waals surface area (Å²) in [7, 11) is 3.49. The number of amides is 1. The molecule has 0 bridgehead atoms. The number of aryl methyl sites for hydroxylation is 1. The highest BCUT2D eigenvalue weighted by Gasteiger charge is 2.24. The zero-order valence-electron chi connectivity index (χ0n) is 9.84. The number of imidazole rings is 1. The zero-order chi connectivity index (χ0) is 12.6. The van der Waals surface area contributed by atoms with Gasteiger partial charge in [-0.2, -0.15) is 0 Å². The molecule has 0 fully saturated rings. The largest absolute Gasteiger partial charge is 0.369 e. The maximum absolute atomic E-state index is 11.7. The Bertz CT molecular complexity index is 531. The van der Waals surface area contributed by atoms with Crippen LogP contribution in [0.3, 0.4) is 0 Å². The van der Waals surface area contributed by atoms with Crippen LogP contribution in [0, 0.1) is 0 Å². The summed E-state index contributed by atoms with van der Waals surface area (Å²) in [5.41, 5.74) is 6.58. The van der Waals surface area contributed by atoms with Gasteiger partial charge in [0.25, 0.3) is 5.91 Å². The van der Waals surface area contributed by atoms with E-state index >= 15 is 0 Å². The molecule has 1 aromatic rings. The summed E-state index contributed by atoms with van der Waals surface area (Å²) in [5, 5.41) is 0.882. The Morgan fingerprint density at radius 1 is 1.47 bits per heavy atom. The van der Waals surface area contributed by atoms with Crippen molar-refractivity contribution < 1.29 is 4.79 Å². The van der Waals surface area contributed by atoms with Crippen molar-refractivity contribution in [2.45, 2.75) is 5.16 Å². The van der Waals surface area contributed by atoms with Crippen LogP contribution in [0.15, 0.2) is 22.0 Å². The summed E-state index contributed by atoms with van der Waals surface area (Å²) in [6.07, 6.45) is 5.43. The van der Waals surface area contributed by atoms with E-state index < -0.39 is 0 Å². The van der Waals surface area contributed by atoms with Gasteiger partial charge in [-0.3, -0.25) is 9.69 Å². The Labute approximate surface area is 103 Å². The summed E-state index contributed by atoms with van der Waals surface area (Å²) in [6.45, 7) is 0. The van der Waals surface area contributed by atoms with E-state index in [0.29, 0.717) is 11.4 Å². The van der Waals surface area contributed by atoms with Crippen molar-refractivity contribution in [1.82, 2.24) is 14.5 Å². The smallest absolute Gasteiger partial charge is 0.279 e. The first-order valence-electron chi connectivity index (χ1n) is 4.94. The second-order valence-electron chi connectivity index (χ2n) is 3.63. The van der Waals surface area contributed by atoms with Crippen molar-refractivity contribution in [3.8, 4) is 0 Å². The van der Waals surface area contributed by atoms with E-state index in [-0.39, 0.29) is 11.9 Å². The van der Waals surface area contributed by atoms with E-state index in [2.05, 4.69) is 9.98 Å². The predicted octanol–water partition coefficient (Wildman–Crippen LogP) is 0.270. The third kappa shape index (κ3) is 2.05. The zero-order valence-corrected chi connectivity index (χ0v) is 10.7. The predicted molar refractivity (Wildman–Crippen MR) is 67.4 cm³/mol. The van der Waals surface area contributed by atoms with E-state index in [9.17, 15) is 4.79 Å². The number of aromatic nitrogens is 2. The molecule has 0 atom stereocenters. The molecule has 0 unspecified atom stereocenters. The molecule has 6 nitrogen and oxygen atoms in total. The minimum absolute atomic E-state index is 0.209. The van der Waals surface area contributed by atoms with Crippen molar-refractivity contribution in [3.63, 3.8) is 0 Å². The minimum Gasteiger partial charge on any atom is -0.369 e. The van der Waals surface area contributed by atoms with E-state index in [1.54, 1.807) is 24.9 Å². The standard InChI is InChI=1S/C10H13N5OS/c1-14-5-6(12-10(14)17-3)4-7-8(16)15(2)9(11)13-7/h4-5H,1-3H3,(H2,11,13). The molecule has 1 aliphatic rings. The molecule has 0 spiro atoms. The molecule has 1 aromatic heterocycles. The first-order chi connectivity index (χ1) is 8.02. The lowest BCUT2D eigenvalue weighted by molar-refractivity contribution is -0.121. The molecule has 0 radical (unpaired) electrons. The van der Waals surface area contributed by atoms with Crippen molar-refractivity contribution >= 4 is 29.7 Å². The monoisotopic (exact) mass is 251 g/mol. The van der Waals surface area contributed by atoms with Crippen molar-refractivity contribution in [2.24, 2.45) is 17.8 Å². The van der Waals surface area contributed by atoms with Crippen molar-refractivity contribution in [1.29, 1.82) is 0 Å². The molecule has 17 heavy (non-hydrogen) atoms. The van der Waals surface area contributed by atoms with Gasteiger partial charge < -0.3 is 10.3 Å². The van der Waals surface area contributed by atoms with Gasteiger partial charge in [-0.1, -0.05) is 11.8 Å². The van der Waals surface area contributed by atoms with Gasteiger partial charge in [-0.25, -0.2) is 9.98 Å². The third-order valence-corrected chi connectivity index (χ3v) is 3.17. The number of thioether (sulfide) groups is 1. The van der Waals surface area contributed by atoms with Crippen molar-refractivity contribution in [3.05, 3.63) is 17.6 Å². The number of hydrogen-bond donors (Lipinski definition) is 1. The van der Waals surface area contributed by atoms with Crippen LogP contribution >= 0.6 is 11.8 Å². The van der Waals surface area contributed by atoms with Gasteiger partial charge in [0.05, 0.1) is 5.69 Å². The van der Waals surface area contributed by atoms with Crippen LogP contribution in [-0.2, 0) is 11.8 Å². The third-order valence-electron chi connectivity index (χ3n) is 2.42. The molecule has 1 amide bonds. The number of carbonyl (C=O) groups excluding carboxylic acids is 1. The van der Waals surface area contributed by atoms with E-state index in [1.165, 1.54) is 4.90 Å². The fourth-order valence-corrected chi connectivity index (χ4v) is 2.02. The summed E-state index contributed by atoms with van der Waals surface area (Å²) >= 11 is 1.54. The van der Waals surface area contributed by atoms with Crippen LogP contribution in [-0.4, -0.2) is 39.6 Å². The molecule has 0 aliphatic carbocycles. The summed E-state index contributed by atoms with van der Waals surface area (Å²) in [4.78, 5) is 21.3. The number of rotatable bonds is 2. The molecule has 7 heteroatoms. The Hall–Kier alpha value is -1.76. The number of nitrogens with zero attached hydrogens (tertiary/aromatic N) is 4. The van der Waals surface area contributed by atoms with E-state index in [1.807, 2.05) is 24.1 Å². The van der Waals surface area contributed by atoms with Gasteiger partial charge in [0.2, 0.25) is 5.96 Å². The lowest BCUT2D eigenvalue weighted by Crippen LogP contribution is -2.33. The second kappa shape index (κ2) is 4.25. The quantitative estimate of drug-likeness (QED) is 0.604. The minimum atomic E-state index is -0.209. The number of nitrogens with two attached hydrogens (primary N) is 1. The Morgan fingerprint density at radius 2 is 2.18 bits per heavy atom. The van der Waals surface area contributed by atoms with Crippen LogP contribution < -0.4 is 5.73 Å². The van der Waals surface area contributed by atoms with Gasteiger partial charge in [-0.15, -0.1) is 0 Å². The molecule has 90 valence electrons. The SMILES string of the molecule is CSc1nc(C=C2N=C(N)N(C)C2=O)cn1C. The average molecular weight is 251 g/mol. The molecule has 0 saturated heterocycles. The highest BCUT2D eigenvalue weighted by Crippen LogP contribution is 2.18. The van der Waals surface area contributed by atoms with Crippen LogP contribution in [0.4, 0.5) is 0 Å². The van der Waals surface area contributed by atoms with Gasteiger partial charge in [0, 0.05) is 20.3 Å². The van der Waals surface area contributed by atoms with Gasteiger partial charge in [-0.05, 0) is 12.3 Å². The Balaban J connectivity index is 2.34. The first kappa shape index (κ1) is 11.7. The summed E-state index contributed by atoms with van der Waals surface area (Å²) < 4.78 is 1.90. The fraction of sp³-hybridized carbons (Fsp3) is 0.300. The van der Waals surface area contributed by atoms with Crippen LogP contribution in [0.5, 0.6) is 0 Å². The maximum Gasteiger partial charge on any atom is 0.279 e. The Morgan fingerprint density at radius 3 is 2.65 bits per heavy atom. The average Bonchev–Trinajstić information content (AvgIpc) is 2.76. The van der Waals surface area contributed by atoms with Crippen LogP contribution in [0.2, 0.25) is 0 Å². The molecule has 2 rings (SSSR count). The number of hydrogen-bond acceptors (Lipinski definition) is 5. The number of likely N-dealkylation sites (N-methyl/N-ethyl adjacent to an activating group) is 1. The highest BCUT2D eigenvalue weighted by molar-refractivity contribution is 7.98. The fourth-order valence-electron chi connectivity index (χ4n) is 1.49. The molecule has 2 heterocycles. The lowest BCUT2D eigenvalue weighted by Gasteiger charge is -2.05. The van der Waals surface area contributed by atoms with Crippen LogP contribution in [0.1, 0.15) is 5.69 Å². The molecule has 1 aliphatic heterocycles. The molecular weight excluding hydrogens is 238 g/mol. The Kier molecular flexibility index (Phi) is 2.93. The highest BCUT2D eigenvalue weighted by atomic mass is 32.2. The van der Waals surface area contributed by atoms with Crippen LogP contribution in [0.25, 0.3) is 6.08 Å². The lowest BCUT2D eigenvalue weighted by atomic mass is 10.3. The molecule has 0 aromatic carbocycles. The molecular formula is C10H13N5OS. The van der Waals surface area contributed by atoms with Crippen molar-refractivity contribution in [2.75, 3.05) is 13.3 Å². The number of carbonyl (C=O) groups is 1. The van der Waals surface area contributed by atoms with E-state index in [4.69, 9.17) is 5.73 Å². The van der Waals surface area contributed by atoms with E-state index in [0.717, 1.165) is 5.16 Å². The first-order valence-corrected chi connectivity index (χ1v) is 6.16. The topological polar surface area (TPSA) is 76.5 Å². The maximum atomic E-state index is 11.7. The van der Waals surface area contributed by atoms with Gasteiger partial charge in [0.1, 0.15) is 5.70 Å². The summed E-state index contributed by atoms with van der Waals surface area (Å²) in [5.74, 6) is 0.00104. The second-order valence-corrected chi connectivity index (χ2v) is 4.40. The number of guanidine groups is 1. The number of aliphatic imine (C=N–C) groups is 1.